The fourth-order valence-corrected chi connectivity index (χ4v) is 6.30. The van der Waals surface area contributed by atoms with Gasteiger partial charge in [-0.1, -0.05) is 27.7 Å². The lowest BCUT2D eigenvalue weighted by molar-refractivity contribution is -0.167. The van der Waals surface area contributed by atoms with Crippen molar-refractivity contribution in [3.63, 3.8) is 0 Å². The van der Waals surface area contributed by atoms with Crippen molar-refractivity contribution in [2.45, 2.75) is 129 Å². The first kappa shape index (κ1) is 25.5. The molecule has 38 heavy (non-hydrogen) atoms. The van der Waals surface area contributed by atoms with Crippen molar-refractivity contribution in [1.29, 1.82) is 0 Å². The number of fused-ring (bicyclic) bond motifs is 4. The van der Waals surface area contributed by atoms with Crippen molar-refractivity contribution in [3.8, 4) is 34.5 Å². The molecular weight excluding hydrogens is 480 g/mol. The first-order chi connectivity index (χ1) is 17.3. The van der Waals surface area contributed by atoms with E-state index in [0.717, 1.165) is 34.1 Å². The SMILES string of the molecule is CC1Oc2cc3c(cc2OC1(C)C)C(C)(C)CC1(CC(C)(C)c2cc4c(cc2O1)OC(C)(C)C(C)(C)O4)O3. The first-order valence-corrected chi connectivity index (χ1v) is 13.8. The molecule has 6 rings (SSSR count). The quantitative estimate of drug-likeness (QED) is 0.358. The molecule has 0 aliphatic carbocycles. The fourth-order valence-electron chi connectivity index (χ4n) is 6.30. The molecule has 0 aromatic heterocycles. The molecule has 4 aliphatic heterocycles. The molecule has 2 atom stereocenters. The normalized spacial score (nSPS) is 29.8. The maximum absolute atomic E-state index is 6.84. The van der Waals surface area contributed by atoms with E-state index >= 15 is 0 Å². The highest BCUT2D eigenvalue weighted by Crippen LogP contribution is 2.58. The largest absolute Gasteiger partial charge is 0.483 e. The summed E-state index contributed by atoms with van der Waals surface area (Å²) in [4.78, 5) is 0. The molecule has 2 aromatic carbocycles. The number of hydrogen-bond donors (Lipinski definition) is 0. The van der Waals surface area contributed by atoms with Crippen molar-refractivity contribution < 1.29 is 28.4 Å². The molecule has 0 amide bonds. The van der Waals surface area contributed by atoms with E-state index in [9.17, 15) is 0 Å². The third kappa shape index (κ3) is 3.65. The Morgan fingerprint density at radius 3 is 1.45 bits per heavy atom. The summed E-state index contributed by atoms with van der Waals surface area (Å²) in [6, 6.07) is 8.17. The van der Waals surface area contributed by atoms with Gasteiger partial charge in [0.1, 0.15) is 34.4 Å². The Kier molecular flexibility index (Phi) is 4.87. The summed E-state index contributed by atoms with van der Waals surface area (Å²) in [7, 11) is 0. The summed E-state index contributed by atoms with van der Waals surface area (Å²) < 4.78 is 39.2. The maximum Gasteiger partial charge on any atom is 0.252 e. The van der Waals surface area contributed by atoms with Gasteiger partial charge in [-0.3, -0.25) is 0 Å². The van der Waals surface area contributed by atoms with Crippen LogP contribution >= 0.6 is 0 Å². The van der Waals surface area contributed by atoms with Gasteiger partial charge in [-0.2, -0.15) is 0 Å². The molecule has 2 unspecified atom stereocenters. The Balaban J connectivity index is 1.41. The summed E-state index contributed by atoms with van der Waals surface area (Å²) in [5, 5.41) is 0. The van der Waals surface area contributed by atoms with Crippen LogP contribution in [0.2, 0.25) is 0 Å². The second kappa shape index (κ2) is 7.25. The Bertz CT molecular complexity index is 1330. The molecule has 4 aliphatic rings. The van der Waals surface area contributed by atoms with Gasteiger partial charge in [0.2, 0.25) is 0 Å². The maximum atomic E-state index is 6.84. The van der Waals surface area contributed by atoms with Crippen LogP contribution in [0.5, 0.6) is 34.5 Å². The van der Waals surface area contributed by atoms with Crippen molar-refractivity contribution in [1.82, 2.24) is 0 Å². The molecule has 2 aromatic rings. The van der Waals surface area contributed by atoms with Crippen molar-refractivity contribution in [3.05, 3.63) is 35.4 Å². The van der Waals surface area contributed by atoms with E-state index in [2.05, 4.69) is 81.4 Å². The molecule has 0 saturated heterocycles. The van der Waals surface area contributed by atoms with Crippen LogP contribution in [-0.4, -0.2) is 28.7 Å². The average Bonchev–Trinajstić information content (AvgIpc) is 2.72. The van der Waals surface area contributed by atoms with Crippen LogP contribution in [0.1, 0.15) is 100 Å². The minimum absolute atomic E-state index is 0.0852. The number of rotatable bonds is 0. The third-order valence-electron chi connectivity index (χ3n) is 9.40. The summed E-state index contributed by atoms with van der Waals surface area (Å²) in [6.45, 7) is 23.4. The van der Waals surface area contributed by atoms with Gasteiger partial charge in [0, 0.05) is 46.9 Å². The minimum Gasteiger partial charge on any atom is -0.483 e. The van der Waals surface area contributed by atoms with E-state index < -0.39 is 22.6 Å². The zero-order chi connectivity index (χ0) is 27.7. The van der Waals surface area contributed by atoms with Crippen LogP contribution in [0.4, 0.5) is 0 Å². The molecule has 1 spiro atoms. The van der Waals surface area contributed by atoms with Crippen LogP contribution in [0.25, 0.3) is 0 Å². The van der Waals surface area contributed by atoms with Gasteiger partial charge < -0.3 is 28.4 Å². The Morgan fingerprint density at radius 2 is 0.947 bits per heavy atom. The Hall–Kier alpha value is -2.76. The topological polar surface area (TPSA) is 55.4 Å². The molecule has 6 heteroatoms. The van der Waals surface area contributed by atoms with Crippen LogP contribution in [0.3, 0.4) is 0 Å². The number of ether oxygens (including phenoxy) is 6. The highest BCUT2D eigenvalue weighted by atomic mass is 16.7. The third-order valence-corrected chi connectivity index (χ3v) is 9.40. The Morgan fingerprint density at radius 1 is 0.526 bits per heavy atom. The fraction of sp³-hybridized carbons (Fsp3) is 0.625. The summed E-state index contributed by atoms with van der Waals surface area (Å²) in [6.07, 6.45) is 1.31. The van der Waals surface area contributed by atoms with E-state index in [1.165, 1.54) is 0 Å². The zero-order valence-electron chi connectivity index (χ0n) is 24.8. The van der Waals surface area contributed by atoms with Crippen molar-refractivity contribution in [2.75, 3.05) is 0 Å². The first-order valence-electron chi connectivity index (χ1n) is 13.8. The average molecular weight is 523 g/mol. The molecule has 4 heterocycles. The van der Waals surface area contributed by atoms with Crippen LogP contribution in [0.15, 0.2) is 24.3 Å². The number of hydrogen-bond acceptors (Lipinski definition) is 6. The van der Waals surface area contributed by atoms with E-state index in [4.69, 9.17) is 28.4 Å². The second-order valence-corrected chi connectivity index (χ2v) is 14.5. The summed E-state index contributed by atoms with van der Waals surface area (Å²) in [5.41, 5.74) is 0.408. The highest BCUT2D eigenvalue weighted by Gasteiger charge is 2.55. The van der Waals surface area contributed by atoms with Gasteiger partial charge in [-0.15, -0.1) is 0 Å². The predicted octanol–water partition coefficient (Wildman–Crippen LogP) is 7.47. The van der Waals surface area contributed by atoms with Gasteiger partial charge >= 0.3 is 0 Å². The lowest BCUT2D eigenvalue weighted by atomic mass is 9.69. The van der Waals surface area contributed by atoms with Gasteiger partial charge in [0.25, 0.3) is 5.79 Å². The van der Waals surface area contributed by atoms with Gasteiger partial charge in [0.15, 0.2) is 23.0 Å². The summed E-state index contributed by atoms with van der Waals surface area (Å²) in [5.74, 6) is 3.68. The lowest BCUT2D eigenvalue weighted by Crippen LogP contribution is -2.57. The van der Waals surface area contributed by atoms with E-state index in [0.29, 0.717) is 24.3 Å². The molecule has 6 nitrogen and oxygen atoms in total. The lowest BCUT2D eigenvalue weighted by Gasteiger charge is -2.52. The second-order valence-electron chi connectivity index (χ2n) is 14.5. The molecule has 0 bridgehead atoms. The van der Waals surface area contributed by atoms with Crippen molar-refractivity contribution in [2.24, 2.45) is 0 Å². The van der Waals surface area contributed by atoms with Gasteiger partial charge in [-0.05, 0) is 60.6 Å². The molecule has 206 valence electrons. The monoisotopic (exact) mass is 522 g/mol. The van der Waals surface area contributed by atoms with E-state index in [1.807, 2.05) is 19.1 Å². The molecule has 0 N–H and O–H groups in total. The smallest absolute Gasteiger partial charge is 0.252 e. The molecular formula is C32H42O6. The Labute approximate surface area is 226 Å². The van der Waals surface area contributed by atoms with E-state index in [1.54, 1.807) is 0 Å². The van der Waals surface area contributed by atoms with Gasteiger partial charge in [0.05, 0.1) is 0 Å². The minimum atomic E-state index is -0.833. The number of benzene rings is 2. The highest BCUT2D eigenvalue weighted by molar-refractivity contribution is 5.58. The molecule has 0 radical (unpaired) electrons. The van der Waals surface area contributed by atoms with Gasteiger partial charge in [-0.25, -0.2) is 0 Å². The summed E-state index contributed by atoms with van der Waals surface area (Å²) >= 11 is 0. The van der Waals surface area contributed by atoms with Crippen LogP contribution in [0, 0.1) is 0 Å². The van der Waals surface area contributed by atoms with Crippen LogP contribution in [-0.2, 0) is 10.8 Å². The van der Waals surface area contributed by atoms with Crippen LogP contribution < -0.4 is 28.4 Å². The van der Waals surface area contributed by atoms with Crippen molar-refractivity contribution >= 4 is 0 Å². The van der Waals surface area contributed by atoms with E-state index in [-0.39, 0.29) is 16.9 Å². The molecule has 0 fully saturated rings. The molecule has 0 saturated carbocycles. The predicted molar refractivity (Wildman–Crippen MR) is 146 cm³/mol. The zero-order valence-corrected chi connectivity index (χ0v) is 24.8. The standard InChI is InChI=1S/C32H42O6/c1-18-29(6,7)34-24-12-19-21(14-23(24)33-18)37-32(16-27(19,2)3)17-28(4,5)20-13-25-26(15-22(20)38-32)36-31(10,11)30(8,9)35-25/h12-15,18H,16-17H2,1-11H3.